The zero-order chi connectivity index (χ0) is 20.3. The fraction of sp³-hybridized carbons (Fsp3) is 0.588. The average Bonchev–Trinajstić information content (AvgIpc) is 2.39. The highest BCUT2D eigenvalue weighted by Crippen LogP contribution is 2.18. The van der Waals surface area contributed by atoms with E-state index < -0.39 is 49.8 Å². The van der Waals surface area contributed by atoms with Crippen molar-refractivity contribution >= 4 is 16.0 Å². The minimum Gasteiger partial charge on any atom is -0.459 e. The van der Waals surface area contributed by atoms with Gasteiger partial charge in [0.2, 0.25) is 10.0 Å². The first-order valence-electron chi connectivity index (χ1n) is 7.95. The molecule has 148 valence electrons. The quantitative estimate of drug-likeness (QED) is 0.752. The van der Waals surface area contributed by atoms with Crippen molar-refractivity contribution in [2.24, 2.45) is 0 Å². The van der Waals surface area contributed by atoms with Gasteiger partial charge in [-0.15, -0.1) is 0 Å². The second-order valence-corrected chi connectivity index (χ2v) is 9.39. The predicted octanol–water partition coefficient (Wildman–Crippen LogP) is 2.77. The maximum Gasteiger partial charge on any atom is 0.327 e. The van der Waals surface area contributed by atoms with Crippen LogP contribution < -0.4 is 4.72 Å². The molecular formula is C17H25F2NO5S. The number of carbonyl (C=O) groups is 1. The van der Waals surface area contributed by atoms with E-state index in [2.05, 4.69) is 4.72 Å². The van der Waals surface area contributed by atoms with Gasteiger partial charge in [-0.05, 0) is 53.7 Å². The molecule has 9 heteroatoms. The predicted molar refractivity (Wildman–Crippen MR) is 92.0 cm³/mol. The van der Waals surface area contributed by atoms with Gasteiger partial charge in [0.25, 0.3) is 0 Å². The molecule has 0 spiro atoms. The normalized spacial score (nSPS) is 14.2. The number of carbonyl (C=O) groups excluding carboxylic acids is 1. The molecule has 6 nitrogen and oxygen atoms in total. The molecule has 0 amide bonds. The van der Waals surface area contributed by atoms with Gasteiger partial charge in [0.05, 0.1) is 12.2 Å². The molecule has 1 aromatic carbocycles. The van der Waals surface area contributed by atoms with Crippen LogP contribution in [0, 0.1) is 11.6 Å². The molecule has 0 saturated heterocycles. The third kappa shape index (κ3) is 7.35. The molecule has 0 saturated carbocycles. The summed E-state index contributed by atoms with van der Waals surface area (Å²) < 4.78 is 64.5. The molecule has 0 aliphatic rings. The zero-order valence-electron chi connectivity index (χ0n) is 15.7. The Hall–Kier alpha value is -1.58. The van der Waals surface area contributed by atoms with Crippen molar-refractivity contribution in [3.8, 4) is 0 Å². The van der Waals surface area contributed by atoms with Gasteiger partial charge in [0, 0.05) is 6.07 Å². The van der Waals surface area contributed by atoms with E-state index in [1.165, 1.54) is 0 Å². The smallest absolute Gasteiger partial charge is 0.327 e. The van der Waals surface area contributed by atoms with E-state index in [1.807, 2.05) is 0 Å². The summed E-state index contributed by atoms with van der Waals surface area (Å²) in [7, 11) is -4.45. The Bertz CT molecular complexity index is 751. The van der Waals surface area contributed by atoms with Gasteiger partial charge in [0.1, 0.15) is 28.2 Å². The zero-order valence-corrected chi connectivity index (χ0v) is 16.5. The first-order valence-corrected chi connectivity index (χ1v) is 9.43. The molecule has 1 atom stereocenters. The molecule has 0 fully saturated rings. The third-order valence-electron chi connectivity index (χ3n) is 2.86. The van der Waals surface area contributed by atoms with Gasteiger partial charge < -0.3 is 9.47 Å². The highest BCUT2D eigenvalue weighted by atomic mass is 32.2. The number of hydrogen-bond donors (Lipinski definition) is 1. The van der Waals surface area contributed by atoms with Crippen LogP contribution in [0.5, 0.6) is 0 Å². The summed E-state index contributed by atoms with van der Waals surface area (Å²) in [6.45, 7) is 9.75. The highest BCUT2D eigenvalue weighted by molar-refractivity contribution is 7.89. The van der Waals surface area contributed by atoms with Gasteiger partial charge in [-0.2, -0.15) is 4.72 Å². The number of rotatable bonds is 6. The maximum absolute atomic E-state index is 13.8. The molecule has 0 bridgehead atoms. The van der Waals surface area contributed by atoms with E-state index in [-0.39, 0.29) is 6.61 Å². The first kappa shape index (κ1) is 22.5. The molecule has 0 aromatic heterocycles. The first-order chi connectivity index (χ1) is 11.6. The Morgan fingerprint density at radius 3 is 2.15 bits per heavy atom. The van der Waals surface area contributed by atoms with Crippen molar-refractivity contribution in [2.75, 3.05) is 6.61 Å². The van der Waals surface area contributed by atoms with Crippen LogP contribution in [0.25, 0.3) is 0 Å². The van der Waals surface area contributed by atoms with Gasteiger partial charge in [-0.1, -0.05) is 0 Å². The lowest BCUT2D eigenvalue weighted by atomic mass is 10.2. The molecule has 0 aliphatic carbocycles. The lowest BCUT2D eigenvalue weighted by Crippen LogP contribution is -2.48. The third-order valence-corrected chi connectivity index (χ3v) is 4.36. The Morgan fingerprint density at radius 1 is 1.12 bits per heavy atom. The van der Waals surface area contributed by atoms with E-state index >= 15 is 0 Å². The van der Waals surface area contributed by atoms with Crippen LogP contribution in [0.2, 0.25) is 0 Å². The van der Waals surface area contributed by atoms with Gasteiger partial charge in [-0.3, -0.25) is 4.79 Å². The van der Waals surface area contributed by atoms with Crippen molar-refractivity contribution in [2.45, 2.75) is 63.7 Å². The minimum atomic E-state index is -4.45. The fourth-order valence-corrected chi connectivity index (χ4v) is 3.03. The number of sulfonamides is 1. The van der Waals surface area contributed by atoms with Crippen LogP contribution in [-0.4, -0.2) is 38.2 Å². The standard InChI is InChI=1S/C17H25F2NO5S/c1-16(2,3)24-10-13(15(21)25-17(4,5)6)20-26(22,23)14-8-7-11(18)9-12(14)19/h7-9,13,20H,10H2,1-6H3. The molecule has 1 unspecified atom stereocenters. The lowest BCUT2D eigenvalue weighted by Gasteiger charge is -2.27. The topological polar surface area (TPSA) is 81.7 Å². The van der Waals surface area contributed by atoms with Crippen molar-refractivity contribution in [3.63, 3.8) is 0 Å². The second kappa shape index (κ2) is 7.98. The number of hydrogen-bond acceptors (Lipinski definition) is 5. The second-order valence-electron chi connectivity index (χ2n) is 7.71. The summed E-state index contributed by atoms with van der Waals surface area (Å²) in [5.41, 5.74) is -1.50. The Morgan fingerprint density at radius 2 is 1.69 bits per heavy atom. The number of halogens is 2. The molecule has 26 heavy (non-hydrogen) atoms. The largest absolute Gasteiger partial charge is 0.459 e. The van der Waals surface area contributed by atoms with Crippen LogP contribution >= 0.6 is 0 Å². The number of nitrogens with one attached hydrogen (secondary N) is 1. The van der Waals surface area contributed by atoms with Crippen molar-refractivity contribution in [1.82, 2.24) is 4.72 Å². The summed E-state index contributed by atoms with van der Waals surface area (Å²) in [5.74, 6) is -3.05. The Labute approximate surface area is 152 Å². The number of benzene rings is 1. The van der Waals surface area contributed by atoms with Crippen molar-refractivity contribution in [1.29, 1.82) is 0 Å². The molecule has 0 heterocycles. The monoisotopic (exact) mass is 393 g/mol. The van der Waals surface area contributed by atoms with Crippen LogP contribution in [0.3, 0.4) is 0 Å². The summed E-state index contributed by atoms with van der Waals surface area (Å²) in [4.78, 5) is 11.6. The van der Waals surface area contributed by atoms with Crippen molar-refractivity contribution < 1.29 is 31.5 Å². The van der Waals surface area contributed by atoms with Crippen LogP contribution in [-0.2, 0) is 24.3 Å². The molecular weight excluding hydrogens is 368 g/mol. The van der Waals surface area contributed by atoms with Crippen LogP contribution in [0.15, 0.2) is 23.1 Å². The Balaban J connectivity index is 3.11. The molecule has 1 aromatic rings. The van der Waals surface area contributed by atoms with Crippen LogP contribution in [0.4, 0.5) is 8.78 Å². The number of esters is 1. The van der Waals surface area contributed by atoms with Crippen LogP contribution in [0.1, 0.15) is 41.5 Å². The summed E-state index contributed by atoms with van der Waals surface area (Å²) in [5, 5.41) is 0. The van der Waals surface area contributed by atoms with E-state index in [1.54, 1.807) is 41.5 Å². The summed E-state index contributed by atoms with van der Waals surface area (Å²) in [6, 6.07) is 0.640. The maximum atomic E-state index is 13.8. The SMILES string of the molecule is CC(C)(C)OCC(NS(=O)(=O)c1ccc(F)cc1F)C(=O)OC(C)(C)C. The summed E-state index contributed by atoms with van der Waals surface area (Å²) in [6.07, 6.45) is 0. The van der Waals surface area contributed by atoms with E-state index in [0.717, 1.165) is 12.1 Å². The van der Waals surface area contributed by atoms with Gasteiger partial charge in [0.15, 0.2) is 0 Å². The molecule has 1 N–H and O–H groups in total. The molecule has 1 rings (SSSR count). The van der Waals surface area contributed by atoms with E-state index in [0.29, 0.717) is 6.07 Å². The Kier molecular flexibility index (Phi) is 6.89. The van der Waals surface area contributed by atoms with Gasteiger partial charge in [-0.25, -0.2) is 17.2 Å². The molecule has 0 radical (unpaired) electrons. The fourth-order valence-electron chi connectivity index (χ4n) is 1.80. The lowest BCUT2D eigenvalue weighted by molar-refractivity contribution is -0.159. The number of ether oxygens (including phenoxy) is 2. The molecule has 0 aliphatic heterocycles. The average molecular weight is 393 g/mol. The van der Waals surface area contributed by atoms with Crippen molar-refractivity contribution in [3.05, 3.63) is 29.8 Å². The van der Waals surface area contributed by atoms with E-state index in [4.69, 9.17) is 9.47 Å². The highest BCUT2D eigenvalue weighted by Gasteiger charge is 2.32. The minimum absolute atomic E-state index is 0.319. The van der Waals surface area contributed by atoms with Gasteiger partial charge >= 0.3 is 5.97 Å². The summed E-state index contributed by atoms with van der Waals surface area (Å²) >= 11 is 0. The van der Waals surface area contributed by atoms with E-state index in [9.17, 15) is 22.0 Å².